The summed E-state index contributed by atoms with van der Waals surface area (Å²) in [5.74, 6) is 1.70. The van der Waals surface area contributed by atoms with Crippen molar-refractivity contribution >= 4 is 22.4 Å². The van der Waals surface area contributed by atoms with E-state index >= 15 is 0 Å². The van der Waals surface area contributed by atoms with Gasteiger partial charge < -0.3 is 14.8 Å². The number of hydrogen-bond acceptors (Lipinski definition) is 5. The summed E-state index contributed by atoms with van der Waals surface area (Å²) in [6.45, 7) is 2.14. The number of methoxy groups -OCH3 is 2. The molecule has 2 fully saturated rings. The van der Waals surface area contributed by atoms with E-state index in [1.54, 1.807) is 16.4 Å². The third-order valence-electron chi connectivity index (χ3n) is 4.83. The van der Waals surface area contributed by atoms with Crippen LogP contribution in [0.3, 0.4) is 0 Å². The molecule has 25 heavy (non-hydrogen) atoms. The predicted octanol–water partition coefficient (Wildman–Crippen LogP) is 2.28. The van der Waals surface area contributed by atoms with Crippen molar-refractivity contribution in [2.75, 3.05) is 33.9 Å². The maximum Gasteiger partial charge on any atom is 0.246 e. The number of benzene rings is 1. The van der Waals surface area contributed by atoms with Crippen molar-refractivity contribution in [1.29, 1.82) is 0 Å². The largest absolute Gasteiger partial charge is 0.497 e. The molecule has 1 N–H and O–H groups in total. The highest BCUT2D eigenvalue weighted by Crippen LogP contribution is 2.32. The van der Waals surface area contributed by atoms with Crippen LogP contribution in [0.15, 0.2) is 23.1 Å². The van der Waals surface area contributed by atoms with E-state index in [9.17, 15) is 8.42 Å². The van der Waals surface area contributed by atoms with Gasteiger partial charge in [0.15, 0.2) is 0 Å². The molecule has 1 aliphatic carbocycles. The molecule has 1 saturated heterocycles. The Bertz CT molecular complexity index is 671. The van der Waals surface area contributed by atoms with Crippen LogP contribution < -0.4 is 14.8 Å². The second kappa shape index (κ2) is 8.58. The van der Waals surface area contributed by atoms with Crippen LogP contribution in [-0.2, 0) is 10.0 Å². The zero-order valence-electron chi connectivity index (χ0n) is 14.7. The lowest BCUT2D eigenvalue weighted by Gasteiger charge is -2.32. The zero-order chi connectivity index (χ0) is 17.2. The molecule has 6 nitrogen and oxygen atoms in total. The normalized spacial score (nSPS) is 19.3. The van der Waals surface area contributed by atoms with Crippen molar-refractivity contribution in [3.05, 3.63) is 18.2 Å². The second-order valence-corrected chi connectivity index (χ2v) is 8.45. The summed E-state index contributed by atoms with van der Waals surface area (Å²) in [6.07, 6.45) is 4.35. The van der Waals surface area contributed by atoms with Gasteiger partial charge in [0, 0.05) is 25.2 Å². The Balaban J connectivity index is 0.00000225. The van der Waals surface area contributed by atoms with Crippen LogP contribution in [0.2, 0.25) is 0 Å². The van der Waals surface area contributed by atoms with E-state index in [0.717, 1.165) is 25.3 Å². The Morgan fingerprint density at radius 2 is 1.80 bits per heavy atom. The molecule has 0 unspecified atom stereocenters. The maximum atomic E-state index is 13.0. The number of rotatable bonds is 7. The molecule has 2 aliphatic rings. The molecule has 0 radical (unpaired) electrons. The molecule has 1 aromatic carbocycles. The number of nitrogens with one attached hydrogen (secondary N) is 1. The monoisotopic (exact) mass is 390 g/mol. The van der Waals surface area contributed by atoms with Crippen LogP contribution in [0.1, 0.15) is 25.7 Å². The summed E-state index contributed by atoms with van der Waals surface area (Å²) < 4.78 is 37.9. The molecule has 1 saturated carbocycles. The summed E-state index contributed by atoms with van der Waals surface area (Å²) in [5, 5.41) is 3.57. The van der Waals surface area contributed by atoms with Gasteiger partial charge in [0.05, 0.1) is 14.2 Å². The lowest BCUT2D eigenvalue weighted by Crippen LogP contribution is -2.45. The van der Waals surface area contributed by atoms with Crippen LogP contribution in [0.5, 0.6) is 11.5 Å². The SMILES string of the molecule is COc1ccc(OC)c(S(=O)(=O)N2CCC(NCC3CC3)CC2)c1.Cl. The number of nitrogens with zero attached hydrogens (tertiary/aromatic N) is 1. The van der Waals surface area contributed by atoms with Crippen LogP contribution in [0.4, 0.5) is 0 Å². The van der Waals surface area contributed by atoms with Crippen molar-refractivity contribution in [3.63, 3.8) is 0 Å². The average molecular weight is 391 g/mol. The smallest absolute Gasteiger partial charge is 0.246 e. The van der Waals surface area contributed by atoms with Gasteiger partial charge in [-0.05, 0) is 50.3 Å². The lowest BCUT2D eigenvalue weighted by atomic mass is 10.1. The number of sulfonamides is 1. The van der Waals surface area contributed by atoms with Crippen molar-refractivity contribution in [1.82, 2.24) is 9.62 Å². The van der Waals surface area contributed by atoms with Crippen LogP contribution in [0, 0.1) is 5.92 Å². The van der Waals surface area contributed by atoms with E-state index in [0.29, 0.717) is 30.6 Å². The van der Waals surface area contributed by atoms with Crippen molar-refractivity contribution in [3.8, 4) is 11.5 Å². The quantitative estimate of drug-likeness (QED) is 0.773. The molecule has 0 bridgehead atoms. The summed E-state index contributed by atoms with van der Waals surface area (Å²) in [7, 11) is -0.575. The molecule has 1 heterocycles. The number of piperidine rings is 1. The molecule has 1 aliphatic heterocycles. The van der Waals surface area contributed by atoms with E-state index in [4.69, 9.17) is 9.47 Å². The third-order valence-corrected chi connectivity index (χ3v) is 6.75. The predicted molar refractivity (Wildman–Crippen MR) is 99.3 cm³/mol. The van der Waals surface area contributed by atoms with Gasteiger partial charge in [0.25, 0.3) is 0 Å². The van der Waals surface area contributed by atoms with Crippen LogP contribution >= 0.6 is 12.4 Å². The standard InChI is InChI=1S/C17H26N2O4S.ClH/c1-22-15-5-6-16(23-2)17(11-15)24(20,21)19-9-7-14(8-10-19)18-12-13-3-4-13;/h5-6,11,13-14,18H,3-4,7-10,12H2,1-2H3;1H. The molecule has 0 atom stereocenters. The molecule has 0 spiro atoms. The number of halogens is 1. The van der Waals surface area contributed by atoms with Crippen molar-refractivity contribution in [2.24, 2.45) is 5.92 Å². The van der Waals surface area contributed by atoms with Gasteiger partial charge in [0.1, 0.15) is 16.4 Å². The summed E-state index contributed by atoms with van der Waals surface area (Å²) >= 11 is 0. The zero-order valence-corrected chi connectivity index (χ0v) is 16.4. The average Bonchev–Trinajstić information content (AvgIpc) is 3.44. The molecular weight excluding hydrogens is 364 g/mol. The molecule has 1 aromatic rings. The van der Waals surface area contributed by atoms with E-state index < -0.39 is 10.0 Å². The molecule has 3 rings (SSSR count). The van der Waals surface area contributed by atoms with Gasteiger partial charge >= 0.3 is 0 Å². The molecule has 0 amide bonds. The first-order valence-electron chi connectivity index (χ1n) is 8.50. The first kappa shape index (κ1) is 20.3. The van der Waals surface area contributed by atoms with Crippen molar-refractivity contribution in [2.45, 2.75) is 36.6 Å². The lowest BCUT2D eigenvalue weighted by molar-refractivity contribution is 0.286. The minimum absolute atomic E-state index is 0. The van der Waals surface area contributed by atoms with Crippen LogP contribution in [0.25, 0.3) is 0 Å². The highest BCUT2D eigenvalue weighted by molar-refractivity contribution is 7.89. The van der Waals surface area contributed by atoms with Gasteiger partial charge in [-0.3, -0.25) is 0 Å². The summed E-state index contributed by atoms with van der Waals surface area (Å²) in [6, 6.07) is 5.29. The Morgan fingerprint density at radius 3 is 2.36 bits per heavy atom. The van der Waals surface area contributed by atoms with E-state index in [1.165, 1.54) is 33.1 Å². The van der Waals surface area contributed by atoms with Gasteiger partial charge in [0.2, 0.25) is 10.0 Å². The Labute approximate surface area is 156 Å². The topological polar surface area (TPSA) is 67.9 Å². The number of hydrogen-bond donors (Lipinski definition) is 1. The van der Waals surface area contributed by atoms with E-state index in [1.807, 2.05) is 0 Å². The van der Waals surface area contributed by atoms with E-state index in [2.05, 4.69) is 5.32 Å². The summed E-state index contributed by atoms with van der Waals surface area (Å²) in [5.41, 5.74) is 0. The highest BCUT2D eigenvalue weighted by Gasteiger charge is 2.32. The molecule has 8 heteroatoms. The Kier molecular flexibility index (Phi) is 6.96. The first-order valence-corrected chi connectivity index (χ1v) is 9.94. The fourth-order valence-electron chi connectivity index (χ4n) is 3.08. The van der Waals surface area contributed by atoms with Gasteiger partial charge in [-0.25, -0.2) is 8.42 Å². The molecule has 142 valence electrons. The van der Waals surface area contributed by atoms with Crippen LogP contribution in [-0.4, -0.2) is 52.6 Å². The third kappa shape index (κ3) is 4.78. The Morgan fingerprint density at radius 1 is 1.12 bits per heavy atom. The first-order chi connectivity index (χ1) is 11.5. The summed E-state index contributed by atoms with van der Waals surface area (Å²) in [4.78, 5) is 0.175. The molecular formula is C17H27ClN2O4S. The fraction of sp³-hybridized carbons (Fsp3) is 0.647. The van der Waals surface area contributed by atoms with Gasteiger partial charge in [-0.1, -0.05) is 0 Å². The Hall–Kier alpha value is -1.02. The molecule has 0 aromatic heterocycles. The fourth-order valence-corrected chi connectivity index (χ4v) is 4.72. The second-order valence-electron chi connectivity index (χ2n) is 6.55. The maximum absolute atomic E-state index is 13.0. The minimum atomic E-state index is -3.58. The number of ether oxygens (including phenoxy) is 2. The van der Waals surface area contributed by atoms with Crippen molar-refractivity contribution < 1.29 is 17.9 Å². The van der Waals surface area contributed by atoms with E-state index in [-0.39, 0.29) is 17.3 Å². The highest BCUT2D eigenvalue weighted by atomic mass is 35.5. The van der Waals surface area contributed by atoms with Gasteiger partial charge in [-0.2, -0.15) is 4.31 Å². The minimum Gasteiger partial charge on any atom is -0.497 e. The van der Waals surface area contributed by atoms with Gasteiger partial charge in [-0.15, -0.1) is 12.4 Å².